The van der Waals surface area contributed by atoms with E-state index in [4.69, 9.17) is 4.74 Å². The highest BCUT2D eigenvalue weighted by molar-refractivity contribution is 7.85. The smallest absolute Gasteiger partial charge is 0.339 e. The molecule has 0 heterocycles. The fourth-order valence-corrected chi connectivity index (χ4v) is 3.51. The second kappa shape index (κ2) is 9.29. The van der Waals surface area contributed by atoms with Crippen molar-refractivity contribution in [3.8, 4) is 0 Å². The SMILES string of the molecule is CCc1cccc(C)c1NC(=O)COC(=O)c1ccccc1[S@@](=O)CC. The number of rotatable bonds is 7. The molecule has 0 fully saturated rings. The summed E-state index contributed by atoms with van der Waals surface area (Å²) in [6.07, 6.45) is 0.785. The molecule has 0 spiro atoms. The number of hydrogen-bond donors (Lipinski definition) is 1. The van der Waals surface area contributed by atoms with Crippen molar-refractivity contribution < 1.29 is 18.5 Å². The monoisotopic (exact) mass is 373 g/mol. The van der Waals surface area contributed by atoms with Gasteiger partial charge in [0.15, 0.2) is 6.61 Å². The lowest BCUT2D eigenvalue weighted by atomic mass is 10.1. The van der Waals surface area contributed by atoms with Crippen molar-refractivity contribution in [2.24, 2.45) is 0 Å². The van der Waals surface area contributed by atoms with Gasteiger partial charge in [-0.3, -0.25) is 9.00 Å². The van der Waals surface area contributed by atoms with Crippen LogP contribution in [0.1, 0.15) is 35.3 Å². The van der Waals surface area contributed by atoms with Crippen LogP contribution in [0.15, 0.2) is 47.4 Å². The maximum atomic E-state index is 12.3. The average molecular weight is 373 g/mol. The zero-order valence-electron chi connectivity index (χ0n) is 15.2. The van der Waals surface area contributed by atoms with Crippen LogP contribution in [0.25, 0.3) is 0 Å². The van der Waals surface area contributed by atoms with E-state index in [1.165, 1.54) is 0 Å². The second-order valence-electron chi connectivity index (χ2n) is 5.72. The molecule has 1 atom stereocenters. The van der Waals surface area contributed by atoms with E-state index in [0.29, 0.717) is 10.6 Å². The Hall–Kier alpha value is -2.47. The van der Waals surface area contributed by atoms with Gasteiger partial charge in [-0.2, -0.15) is 0 Å². The number of carbonyl (C=O) groups is 2. The largest absolute Gasteiger partial charge is 0.452 e. The molecule has 0 aromatic heterocycles. The van der Waals surface area contributed by atoms with Crippen molar-refractivity contribution in [3.05, 3.63) is 59.2 Å². The van der Waals surface area contributed by atoms with Gasteiger partial charge in [0, 0.05) is 11.4 Å². The van der Waals surface area contributed by atoms with Gasteiger partial charge in [0.1, 0.15) is 0 Å². The van der Waals surface area contributed by atoms with Crippen LogP contribution in [-0.4, -0.2) is 28.4 Å². The van der Waals surface area contributed by atoms with Gasteiger partial charge in [-0.05, 0) is 36.6 Å². The first kappa shape index (κ1) is 19.8. The minimum absolute atomic E-state index is 0.227. The Morgan fingerprint density at radius 1 is 1.08 bits per heavy atom. The van der Waals surface area contributed by atoms with Crippen LogP contribution in [0.5, 0.6) is 0 Å². The minimum atomic E-state index is -1.28. The van der Waals surface area contributed by atoms with E-state index >= 15 is 0 Å². The summed E-state index contributed by atoms with van der Waals surface area (Å²) in [5.41, 5.74) is 2.95. The second-order valence-corrected chi connectivity index (χ2v) is 7.43. The zero-order chi connectivity index (χ0) is 19.1. The molecule has 0 unspecified atom stereocenters. The van der Waals surface area contributed by atoms with Crippen LogP contribution >= 0.6 is 0 Å². The standard InChI is InChI=1S/C20H23NO4S/c1-4-15-10-8-9-14(3)19(15)21-18(22)13-25-20(23)16-11-6-7-12-17(16)26(24)5-2/h6-12H,4-5,13H2,1-3H3,(H,21,22)/t26-/m0/s1. The highest BCUT2D eigenvalue weighted by Gasteiger charge is 2.17. The lowest BCUT2D eigenvalue weighted by molar-refractivity contribution is -0.119. The molecule has 0 aliphatic heterocycles. The van der Waals surface area contributed by atoms with E-state index in [2.05, 4.69) is 5.32 Å². The summed E-state index contributed by atoms with van der Waals surface area (Å²) in [5, 5.41) is 2.81. The van der Waals surface area contributed by atoms with E-state index in [-0.39, 0.29) is 5.56 Å². The molecule has 2 aromatic rings. The topological polar surface area (TPSA) is 72.5 Å². The molecule has 2 aromatic carbocycles. The van der Waals surface area contributed by atoms with Gasteiger partial charge in [-0.15, -0.1) is 0 Å². The Morgan fingerprint density at radius 2 is 1.81 bits per heavy atom. The Morgan fingerprint density at radius 3 is 2.50 bits per heavy atom. The van der Waals surface area contributed by atoms with Crippen molar-refractivity contribution in [1.29, 1.82) is 0 Å². The molecule has 0 aliphatic carbocycles. The van der Waals surface area contributed by atoms with Gasteiger partial charge in [-0.1, -0.05) is 44.2 Å². The highest BCUT2D eigenvalue weighted by atomic mass is 32.2. The number of carbonyl (C=O) groups excluding carboxylic acids is 2. The van der Waals surface area contributed by atoms with Gasteiger partial charge in [0.05, 0.1) is 21.3 Å². The first-order chi connectivity index (χ1) is 12.5. The summed E-state index contributed by atoms with van der Waals surface area (Å²) in [5.74, 6) is -0.660. The lowest BCUT2D eigenvalue weighted by Gasteiger charge is -2.13. The molecule has 0 saturated heterocycles. The fraction of sp³-hybridized carbons (Fsp3) is 0.300. The maximum Gasteiger partial charge on any atom is 0.339 e. The van der Waals surface area contributed by atoms with Crippen LogP contribution in [0.3, 0.4) is 0 Å². The van der Waals surface area contributed by atoms with Gasteiger partial charge >= 0.3 is 5.97 Å². The van der Waals surface area contributed by atoms with E-state index in [9.17, 15) is 13.8 Å². The number of amides is 1. The molecule has 2 rings (SSSR count). The van der Waals surface area contributed by atoms with Crippen molar-refractivity contribution >= 4 is 28.4 Å². The molecule has 0 radical (unpaired) electrons. The van der Waals surface area contributed by atoms with Gasteiger partial charge < -0.3 is 10.1 Å². The Kier molecular flexibility index (Phi) is 7.09. The number of para-hydroxylation sites is 1. The van der Waals surface area contributed by atoms with Crippen LogP contribution in [0, 0.1) is 6.92 Å². The summed E-state index contributed by atoms with van der Waals surface area (Å²) in [6.45, 7) is 5.30. The Bertz CT molecular complexity index is 832. The number of esters is 1. The third kappa shape index (κ3) is 4.79. The minimum Gasteiger partial charge on any atom is -0.452 e. The quantitative estimate of drug-likeness (QED) is 0.754. The number of nitrogens with one attached hydrogen (secondary N) is 1. The van der Waals surface area contributed by atoms with Crippen LogP contribution in [-0.2, 0) is 26.8 Å². The summed E-state index contributed by atoms with van der Waals surface area (Å²) < 4.78 is 17.2. The molecule has 0 saturated carbocycles. The Balaban J connectivity index is 2.05. The number of anilines is 1. The Labute approximate surface area is 156 Å². The highest BCUT2D eigenvalue weighted by Crippen LogP contribution is 2.21. The molecular formula is C20H23NO4S. The normalized spacial score (nSPS) is 11.7. The van der Waals surface area contributed by atoms with Gasteiger partial charge in [0.2, 0.25) is 0 Å². The number of hydrogen-bond acceptors (Lipinski definition) is 4. The van der Waals surface area contributed by atoms with Crippen LogP contribution in [0.4, 0.5) is 5.69 Å². The molecule has 5 nitrogen and oxygen atoms in total. The van der Waals surface area contributed by atoms with E-state index in [0.717, 1.165) is 23.2 Å². The molecule has 6 heteroatoms. The molecule has 1 N–H and O–H groups in total. The number of ether oxygens (including phenoxy) is 1. The van der Waals surface area contributed by atoms with Crippen molar-refractivity contribution in [2.75, 3.05) is 17.7 Å². The predicted molar refractivity (Wildman–Crippen MR) is 103 cm³/mol. The molecule has 0 aliphatic rings. The van der Waals surface area contributed by atoms with Gasteiger partial charge in [0.25, 0.3) is 5.91 Å². The zero-order valence-corrected chi connectivity index (χ0v) is 16.0. The first-order valence-corrected chi connectivity index (χ1v) is 9.82. The van der Waals surface area contributed by atoms with E-state index in [1.807, 2.05) is 32.0 Å². The summed E-state index contributed by atoms with van der Waals surface area (Å²) >= 11 is 0. The predicted octanol–water partition coefficient (Wildman–Crippen LogP) is 3.48. The summed E-state index contributed by atoms with van der Waals surface area (Å²) in [6, 6.07) is 12.4. The van der Waals surface area contributed by atoms with Crippen LogP contribution in [0.2, 0.25) is 0 Å². The van der Waals surface area contributed by atoms with Crippen LogP contribution < -0.4 is 5.32 Å². The fourth-order valence-electron chi connectivity index (χ4n) is 2.58. The maximum absolute atomic E-state index is 12.3. The van der Waals surface area contributed by atoms with E-state index < -0.39 is 29.3 Å². The average Bonchev–Trinajstić information content (AvgIpc) is 2.67. The third-order valence-electron chi connectivity index (χ3n) is 3.95. The molecular weight excluding hydrogens is 350 g/mol. The number of aryl methyl sites for hydroxylation is 2. The first-order valence-electron chi connectivity index (χ1n) is 8.50. The van der Waals surface area contributed by atoms with Crippen molar-refractivity contribution in [2.45, 2.75) is 32.1 Å². The molecule has 138 valence electrons. The lowest BCUT2D eigenvalue weighted by Crippen LogP contribution is -2.22. The molecule has 1 amide bonds. The summed E-state index contributed by atoms with van der Waals surface area (Å²) in [4.78, 5) is 24.9. The number of benzene rings is 2. The summed E-state index contributed by atoms with van der Waals surface area (Å²) in [7, 11) is -1.28. The van der Waals surface area contributed by atoms with Gasteiger partial charge in [-0.25, -0.2) is 4.79 Å². The van der Waals surface area contributed by atoms with Crippen molar-refractivity contribution in [3.63, 3.8) is 0 Å². The third-order valence-corrected chi connectivity index (χ3v) is 5.32. The van der Waals surface area contributed by atoms with E-state index in [1.54, 1.807) is 31.2 Å². The molecule has 0 bridgehead atoms. The van der Waals surface area contributed by atoms with Crippen molar-refractivity contribution in [1.82, 2.24) is 0 Å². The molecule has 26 heavy (non-hydrogen) atoms.